The number of pyridine rings is 1. The van der Waals surface area contributed by atoms with Gasteiger partial charge in [0.15, 0.2) is 0 Å². The van der Waals surface area contributed by atoms with Gasteiger partial charge in [0.25, 0.3) is 5.91 Å². The fraction of sp³-hybridized carbons (Fsp3) is 0.0769. The Bertz CT molecular complexity index is 634. The lowest BCUT2D eigenvalue weighted by molar-refractivity contribution is 0.102. The molecule has 0 unspecified atom stereocenters. The third-order valence-electron chi connectivity index (χ3n) is 2.54. The Kier molecular flexibility index (Phi) is 4.54. The van der Waals surface area contributed by atoms with Gasteiger partial charge in [0, 0.05) is 11.8 Å². The van der Waals surface area contributed by atoms with E-state index in [2.05, 4.69) is 31.7 Å². The molecule has 4 N–H and O–H groups in total. The van der Waals surface area contributed by atoms with Crippen LogP contribution >= 0.6 is 15.9 Å². The van der Waals surface area contributed by atoms with Gasteiger partial charge in [0.1, 0.15) is 17.3 Å². The number of carbonyl (C=O) groups excluding carboxylic acids is 1. The van der Waals surface area contributed by atoms with Gasteiger partial charge in [-0.15, -0.1) is 0 Å². The van der Waals surface area contributed by atoms with Crippen molar-refractivity contribution >= 4 is 33.3 Å². The van der Waals surface area contributed by atoms with Crippen molar-refractivity contribution in [3.05, 3.63) is 46.6 Å². The van der Waals surface area contributed by atoms with Crippen LogP contribution in [-0.4, -0.2) is 18.0 Å². The SMILES string of the molecule is COc1cc(NC(=O)c2cccc(NN)n2)ccc1Br. The summed E-state index contributed by atoms with van der Waals surface area (Å²) in [6.07, 6.45) is 0. The van der Waals surface area contributed by atoms with Crippen molar-refractivity contribution in [2.75, 3.05) is 17.9 Å². The van der Waals surface area contributed by atoms with Crippen molar-refractivity contribution in [2.45, 2.75) is 0 Å². The number of hydrazine groups is 1. The van der Waals surface area contributed by atoms with E-state index in [1.165, 1.54) is 0 Å². The normalized spacial score (nSPS) is 9.95. The van der Waals surface area contributed by atoms with E-state index in [1.807, 2.05) is 0 Å². The Balaban J connectivity index is 2.18. The summed E-state index contributed by atoms with van der Waals surface area (Å²) >= 11 is 3.35. The maximum Gasteiger partial charge on any atom is 0.274 e. The van der Waals surface area contributed by atoms with Crippen LogP contribution in [0.3, 0.4) is 0 Å². The van der Waals surface area contributed by atoms with Crippen LogP contribution < -0.4 is 21.3 Å². The molecule has 6 nitrogen and oxygen atoms in total. The zero-order valence-electron chi connectivity index (χ0n) is 10.7. The zero-order valence-corrected chi connectivity index (χ0v) is 12.3. The first kappa shape index (κ1) is 14.3. The molecule has 104 valence electrons. The van der Waals surface area contributed by atoms with Crippen molar-refractivity contribution in [2.24, 2.45) is 5.84 Å². The number of anilines is 2. The van der Waals surface area contributed by atoms with Gasteiger partial charge in [-0.25, -0.2) is 10.8 Å². The molecule has 0 aliphatic rings. The molecule has 0 radical (unpaired) electrons. The smallest absolute Gasteiger partial charge is 0.274 e. The minimum absolute atomic E-state index is 0.266. The number of nitrogens with one attached hydrogen (secondary N) is 2. The minimum atomic E-state index is -0.327. The Hall–Kier alpha value is -2.12. The van der Waals surface area contributed by atoms with Crippen molar-refractivity contribution in [3.8, 4) is 5.75 Å². The van der Waals surface area contributed by atoms with Gasteiger partial charge in [-0.2, -0.15) is 0 Å². The van der Waals surface area contributed by atoms with Gasteiger partial charge in [-0.3, -0.25) is 4.79 Å². The van der Waals surface area contributed by atoms with Crippen LogP contribution in [0.2, 0.25) is 0 Å². The Morgan fingerprint density at radius 3 is 2.85 bits per heavy atom. The molecule has 2 aromatic rings. The van der Waals surface area contributed by atoms with Crippen molar-refractivity contribution < 1.29 is 9.53 Å². The average Bonchev–Trinajstić information content (AvgIpc) is 2.49. The van der Waals surface area contributed by atoms with Gasteiger partial charge in [0.05, 0.1) is 11.6 Å². The van der Waals surface area contributed by atoms with Gasteiger partial charge >= 0.3 is 0 Å². The molecule has 1 aromatic heterocycles. The lowest BCUT2D eigenvalue weighted by Gasteiger charge is -2.08. The molecule has 0 fully saturated rings. The summed E-state index contributed by atoms with van der Waals surface area (Å²) in [7, 11) is 1.56. The molecule has 0 saturated heterocycles. The number of amides is 1. The molecule has 1 heterocycles. The highest BCUT2D eigenvalue weighted by atomic mass is 79.9. The summed E-state index contributed by atoms with van der Waals surface area (Å²) in [4.78, 5) is 16.1. The molecule has 0 aliphatic heterocycles. The van der Waals surface area contributed by atoms with E-state index in [0.29, 0.717) is 17.3 Å². The molecule has 0 spiro atoms. The Morgan fingerprint density at radius 1 is 1.35 bits per heavy atom. The summed E-state index contributed by atoms with van der Waals surface area (Å²) in [5.74, 6) is 5.99. The van der Waals surface area contributed by atoms with E-state index in [0.717, 1.165) is 4.47 Å². The molecular formula is C13H13BrN4O2. The lowest BCUT2D eigenvalue weighted by Crippen LogP contribution is -2.16. The van der Waals surface area contributed by atoms with Gasteiger partial charge in [-0.05, 0) is 40.2 Å². The average molecular weight is 337 g/mol. The second-order valence-electron chi connectivity index (χ2n) is 3.86. The minimum Gasteiger partial charge on any atom is -0.495 e. The van der Waals surface area contributed by atoms with Crippen LogP contribution in [0.25, 0.3) is 0 Å². The summed E-state index contributed by atoms with van der Waals surface area (Å²) in [5, 5.41) is 2.74. The van der Waals surface area contributed by atoms with Gasteiger partial charge < -0.3 is 15.5 Å². The number of benzene rings is 1. The van der Waals surface area contributed by atoms with E-state index < -0.39 is 0 Å². The highest BCUT2D eigenvalue weighted by molar-refractivity contribution is 9.10. The molecule has 0 aliphatic carbocycles. The quantitative estimate of drug-likeness (QED) is 0.589. The highest BCUT2D eigenvalue weighted by Gasteiger charge is 2.09. The number of aromatic nitrogens is 1. The molecule has 0 saturated carbocycles. The summed E-state index contributed by atoms with van der Waals surface area (Å²) in [6, 6.07) is 10.2. The number of hydrogen-bond acceptors (Lipinski definition) is 5. The first-order valence-corrected chi connectivity index (χ1v) is 6.52. The maximum absolute atomic E-state index is 12.1. The molecule has 0 atom stereocenters. The van der Waals surface area contributed by atoms with Crippen LogP contribution in [0.4, 0.5) is 11.5 Å². The molecule has 0 bridgehead atoms. The summed E-state index contributed by atoms with van der Waals surface area (Å²) in [5.41, 5.74) is 3.27. The van der Waals surface area contributed by atoms with Crippen LogP contribution in [-0.2, 0) is 0 Å². The monoisotopic (exact) mass is 336 g/mol. The first-order valence-electron chi connectivity index (χ1n) is 5.72. The molecular weight excluding hydrogens is 324 g/mol. The van der Waals surface area contributed by atoms with Crippen molar-refractivity contribution in [1.29, 1.82) is 0 Å². The number of nitrogens with zero attached hydrogens (tertiary/aromatic N) is 1. The molecule has 7 heteroatoms. The lowest BCUT2D eigenvalue weighted by atomic mass is 10.2. The summed E-state index contributed by atoms with van der Waals surface area (Å²) < 4.78 is 5.98. The number of nitrogen functional groups attached to an aromatic ring is 1. The third-order valence-corrected chi connectivity index (χ3v) is 3.19. The van der Waals surface area contributed by atoms with Crippen LogP contribution in [0.15, 0.2) is 40.9 Å². The number of carbonyl (C=O) groups is 1. The number of halogens is 1. The zero-order chi connectivity index (χ0) is 14.5. The number of hydrogen-bond donors (Lipinski definition) is 3. The largest absolute Gasteiger partial charge is 0.495 e. The van der Waals surface area contributed by atoms with E-state index in [4.69, 9.17) is 10.6 Å². The van der Waals surface area contributed by atoms with Crippen LogP contribution in [0.1, 0.15) is 10.5 Å². The highest BCUT2D eigenvalue weighted by Crippen LogP contribution is 2.27. The topological polar surface area (TPSA) is 89.3 Å². The predicted molar refractivity (Wildman–Crippen MR) is 80.7 cm³/mol. The maximum atomic E-state index is 12.1. The summed E-state index contributed by atoms with van der Waals surface area (Å²) in [6.45, 7) is 0. The van der Waals surface area contributed by atoms with Crippen LogP contribution in [0, 0.1) is 0 Å². The standard InChI is InChI=1S/C13H13BrN4O2/c1-20-11-7-8(5-6-9(11)14)16-13(19)10-3-2-4-12(17-10)18-15/h2-7H,15H2,1H3,(H,16,19)(H,17,18). The second-order valence-corrected chi connectivity index (χ2v) is 4.71. The van der Waals surface area contributed by atoms with Crippen molar-refractivity contribution in [3.63, 3.8) is 0 Å². The fourth-order valence-corrected chi connectivity index (χ4v) is 1.98. The number of rotatable bonds is 4. The molecule has 2 rings (SSSR count). The molecule has 1 aromatic carbocycles. The van der Waals surface area contributed by atoms with Crippen LogP contribution in [0.5, 0.6) is 5.75 Å². The fourth-order valence-electron chi connectivity index (χ4n) is 1.57. The number of nitrogens with two attached hydrogens (primary N) is 1. The second kappa shape index (κ2) is 6.36. The first-order chi connectivity index (χ1) is 9.63. The van der Waals surface area contributed by atoms with Gasteiger partial charge in [-0.1, -0.05) is 6.07 Å². The number of ether oxygens (including phenoxy) is 1. The van der Waals surface area contributed by atoms with E-state index in [-0.39, 0.29) is 11.6 Å². The third kappa shape index (κ3) is 3.25. The Labute approximate surface area is 124 Å². The Morgan fingerprint density at radius 2 is 2.15 bits per heavy atom. The van der Waals surface area contributed by atoms with E-state index >= 15 is 0 Å². The number of methoxy groups -OCH3 is 1. The predicted octanol–water partition coefficient (Wildman–Crippen LogP) is 2.39. The molecule has 1 amide bonds. The van der Waals surface area contributed by atoms with Crippen molar-refractivity contribution in [1.82, 2.24) is 4.98 Å². The van der Waals surface area contributed by atoms with E-state index in [9.17, 15) is 4.79 Å². The van der Waals surface area contributed by atoms with Gasteiger partial charge in [0.2, 0.25) is 0 Å². The molecule has 20 heavy (non-hydrogen) atoms. The van der Waals surface area contributed by atoms with E-state index in [1.54, 1.807) is 43.5 Å².